The van der Waals surface area contributed by atoms with E-state index in [4.69, 9.17) is 4.74 Å². The van der Waals surface area contributed by atoms with Crippen molar-refractivity contribution in [2.24, 2.45) is 0 Å². The number of methoxy groups -OCH3 is 1. The van der Waals surface area contributed by atoms with Crippen LogP contribution >= 0.6 is 0 Å². The first kappa shape index (κ1) is 13.2. The molecule has 1 amide bonds. The maximum absolute atomic E-state index is 12.4. The first-order valence-electron chi connectivity index (χ1n) is 6.72. The summed E-state index contributed by atoms with van der Waals surface area (Å²) in [5, 5.41) is 3.95. The monoisotopic (exact) mass is 280 g/mol. The highest BCUT2D eigenvalue weighted by Gasteiger charge is 2.14. The summed E-state index contributed by atoms with van der Waals surface area (Å²) in [6.45, 7) is 1.95. The quantitative estimate of drug-likeness (QED) is 0.768. The van der Waals surface area contributed by atoms with Crippen LogP contribution in [0.3, 0.4) is 0 Å². The summed E-state index contributed by atoms with van der Waals surface area (Å²) in [5.41, 5.74) is 3.25. The van der Waals surface area contributed by atoms with E-state index in [1.807, 2.05) is 55.5 Å². The highest BCUT2D eigenvalue weighted by atomic mass is 16.5. The van der Waals surface area contributed by atoms with Crippen LogP contribution in [0.5, 0.6) is 5.75 Å². The molecule has 4 heteroatoms. The highest BCUT2D eigenvalue weighted by molar-refractivity contribution is 6.07. The number of nitrogens with one attached hydrogen (secondary N) is 2. The van der Waals surface area contributed by atoms with Gasteiger partial charge in [-0.1, -0.05) is 18.2 Å². The lowest BCUT2D eigenvalue weighted by atomic mass is 10.1. The number of carbonyl (C=O) groups is 1. The van der Waals surface area contributed by atoms with Gasteiger partial charge in [-0.05, 0) is 42.8 Å². The van der Waals surface area contributed by atoms with Gasteiger partial charge in [0.15, 0.2) is 0 Å². The molecule has 2 aromatic carbocycles. The van der Waals surface area contributed by atoms with Crippen LogP contribution in [-0.2, 0) is 0 Å². The molecule has 0 fully saturated rings. The van der Waals surface area contributed by atoms with Crippen molar-refractivity contribution in [3.63, 3.8) is 0 Å². The van der Waals surface area contributed by atoms with Crippen molar-refractivity contribution in [2.45, 2.75) is 6.92 Å². The maximum atomic E-state index is 12.4. The Morgan fingerprint density at radius 3 is 2.48 bits per heavy atom. The van der Waals surface area contributed by atoms with E-state index < -0.39 is 0 Å². The first-order chi connectivity index (χ1) is 10.2. The second-order valence-electron chi connectivity index (χ2n) is 4.85. The largest absolute Gasteiger partial charge is 0.497 e. The topological polar surface area (TPSA) is 54.1 Å². The average molecular weight is 280 g/mol. The van der Waals surface area contributed by atoms with E-state index in [9.17, 15) is 4.79 Å². The van der Waals surface area contributed by atoms with Gasteiger partial charge < -0.3 is 15.0 Å². The van der Waals surface area contributed by atoms with Crippen LogP contribution < -0.4 is 10.1 Å². The molecule has 0 spiro atoms. The molecule has 0 radical (unpaired) electrons. The average Bonchev–Trinajstić information content (AvgIpc) is 2.86. The Balaban J connectivity index is 1.87. The number of para-hydroxylation sites is 1. The Bertz CT molecular complexity index is 788. The summed E-state index contributed by atoms with van der Waals surface area (Å²) in [5.74, 6) is 0.614. The van der Waals surface area contributed by atoms with Crippen LogP contribution in [-0.4, -0.2) is 18.0 Å². The molecule has 1 aromatic heterocycles. The van der Waals surface area contributed by atoms with E-state index in [0.29, 0.717) is 5.69 Å². The molecule has 106 valence electrons. The molecular weight excluding hydrogens is 264 g/mol. The van der Waals surface area contributed by atoms with Gasteiger partial charge in [-0.2, -0.15) is 0 Å². The maximum Gasteiger partial charge on any atom is 0.272 e. The number of aryl methyl sites for hydroxylation is 1. The highest BCUT2D eigenvalue weighted by Crippen LogP contribution is 2.22. The number of H-pyrrole nitrogens is 1. The third-order valence-electron chi connectivity index (χ3n) is 3.54. The number of anilines is 1. The first-order valence-corrected chi connectivity index (χ1v) is 6.72. The summed E-state index contributed by atoms with van der Waals surface area (Å²) >= 11 is 0. The molecule has 3 rings (SSSR count). The number of fused-ring (bicyclic) bond motifs is 1. The van der Waals surface area contributed by atoms with Gasteiger partial charge in [0, 0.05) is 16.6 Å². The molecule has 0 saturated carbocycles. The fraction of sp³-hybridized carbons (Fsp3) is 0.118. The van der Waals surface area contributed by atoms with Crippen molar-refractivity contribution in [2.75, 3.05) is 12.4 Å². The summed E-state index contributed by atoms with van der Waals surface area (Å²) in [4.78, 5) is 15.6. The van der Waals surface area contributed by atoms with E-state index in [-0.39, 0.29) is 5.91 Å². The van der Waals surface area contributed by atoms with E-state index >= 15 is 0 Å². The second kappa shape index (κ2) is 5.32. The molecule has 2 N–H and O–H groups in total. The van der Waals surface area contributed by atoms with Crippen molar-refractivity contribution in [1.29, 1.82) is 0 Å². The Morgan fingerprint density at radius 1 is 1.10 bits per heavy atom. The number of aromatic amines is 1. The molecule has 0 bridgehead atoms. The summed E-state index contributed by atoms with van der Waals surface area (Å²) in [7, 11) is 1.61. The van der Waals surface area contributed by atoms with Gasteiger partial charge in [0.05, 0.1) is 7.11 Å². The van der Waals surface area contributed by atoms with Gasteiger partial charge in [0.2, 0.25) is 0 Å². The number of rotatable bonds is 3. The van der Waals surface area contributed by atoms with Crippen LogP contribution in [0.15, 0.2) is 48.5 Å². The number of aromatic nitrogens is 1. The van der Waals surface area contributed by atoms with Crippen molar-refractivity contribution in [3.8, 4) is 5.75 Å². The molecular formula is C17H16N2O2. The van der Waals surface area contributed by atoms with E-state index in [1.54, 1.807) is 7.11 Å². The van der Waals surface area contributed by atoms with Gasteiger partial charge in [-0.25, -0.2) is 0 Å². The van der Waals surface area contributed by atoms with Crippen molar-refractivity contribution < 1.29 is 9.53 Å². The van der Waals surface area contributed by atoms with E-state index in [1.165, 1.54) is 0 Å². The zero-order valence-corrected chi connectivity index (χ0v) is 11.9. The fourth-order valence-corrected chi connectivity index (χ4v) is 2.38. The van der Waals surface area contributed by atoms with Gasteiger partial charge >= 0.3 is 0 Å². The normalized spacial score (nSPS) is 10.6. The predicted molar refractivity (Wildman–Crippen MR) is 84.0 cm³/mol. The smallest absolute Gasteiger partial charge is 0.272 e. The minimum atomic E-state index is -0.145. The molecule has 0 unspecified atom stereocenters. The third kappa shape index (κ3) is 2.48. The van der Waals surface area contributed by atoms with Crippen LogP contribution in [0.2, 0.25) is 0 Å². The summed E-state index contributed by atoms with van der Waals surface area (Å²) in [6.07, 6.45) is 0. The lowest BCUT2D eigenvalue weighted by Crippen LogP contribution is -2.13. The Hall–Kier alpha value is -2.75. The number of carbonyl (C=O) groups excluding carboxylic acids is 1. The van der Waals surface area contributed by atoms with Gasteiger partial charge in [-0.15, -0.1) is 0 Å². The standard InChI is InChI=1S/C17H16N2O2/c1-11-14-5-3-4-6-15(14)19-16(11)17(20)18-12-7-9-13(21-2)10-8-12/h3-10,19H,1-2H3,(H,18,20). The Labute approximate surface area is 122 Å². The number of hydrogen-bond acceptors (Lipinski definition) is 2. The molecule has 21 heavy (non-hydrogen) atoms. The van der Waals surface area contributed by atoms with Crippen molar-refractivity contribution in [1.82, 2.24) is 4.98 Å². The third-order valence-corrected chi connectivity index (χ3v) is 3.54. The lowest BCUT2D eigenvalue weighted by Gasteiger charge is -2.06. The molecule has 0 aliphatic heterocycles. The van der Waals surface area contributed by atoms with Crippen LogP contribution in [0.4, 0.5) is 5.69 Å². The van der Waals surface area contributed by atoms with Crippen LogP contribution in [0.25, 0.3) is 10.9 Å². The summed E-state index contributed by atoms with van der Waals surface area (Å²) < 4.78 is 5.10. The van der Waals surface area contributed by atoms with Crippen LogP contribution in [0.1, 0.15) is 16.1 Å². The van der Waals surface area contributed by atoms with Gasteiger partial charge in [-0.3, -0.25) is 4.79 Å². The molecule has 0 saturated heterocycles. The molecule has 4 nitrogen and oxygen atoms in total. The fourth-order valence-electron chi connectivity index (χ4n) is 2.38. The predicted octanol–water partition coefficient (Wildman–Crippen LogP) is 3.74. The SMILES string of the molecule is COc1ccc(NC(=O)c2[nH]c3ccccc3c2C)cc1. The van der Waals surface area contributed by atoms with E-state index in [2.05, 4.69) is 10.3 Å². The molecule has 0 atom stereocenters. The van der Waals surface area contributed by atoms with Gasteiger partial charge in [0.25, 0.3) is 5.91 Å². The zero-order chi connectivity index (χ0) is 14.8. The molecule has 3 aromatic rings. The molecule has 1 heterocycles. The Morgan fingerprint density at radius 2 is 1.81 bits per heavy atom. The van der Waals surface area contributed by atoms with E-state index in [0.717, 1.165) is 27.9 Å². The Kier molecular flexibility index (Phi) is 3.36. The number of ether oxygens (including phenoxy) is 1. The molecule has 0 aliphatic rings. The number of amides is 1. The van der Waals surface area contributed by atoms with Crippen LogP contribution in [0, 0.1) is 6.92 Å². The number of benzene rings is 2. The van der Waals surface area contributed by atoms with Crippen molar-refractivity contribution >= 4 is 22.5 Å². The number of hydrogen-bond donors (Lipinski definition) is 2. The zero-order valence-electron chi connectivity index (χ0n) is 11.9. The van der Waals surface area contributed by atoms with Crippen molar-refractivity contribution in [3.05, 3.63) is 59.8 Å². The minimum absolute atomic E-state index is 0.145. The minimum Gasteiger partial charge on any atom is -0.497 e. The molecule has 0 aliphatic carbocycles. The summed E-state index contributed by atoms with van der Waals surface area (Å²) in [6, 6.07) is 15.1. The lowest BCUT2D eigenvalue weighted by molar-refractivity contribution is 0.102. The van der Waals surface area contributed by atoms with Gasteiger partial charge in [0.1, 0.15) is 11.4 Å². The second-order valence-corrected chi connectivity index (χ2v) is 4.85.